The third-order valence-electron chi connectivity index (χ3n) is 2.78. The fraction of sp³-hybridized carbons (Fsp3) is 0.167. The summed E-state index contributed by atoms with van der Waals surface area (Å²) in [7, 11) is 0. The van der Waals surface area contributed by atoms with Gasteiger partial charge in [0.2, 0.25) is 0 Å². The number of hydrogen-bond acceptors (Lipinski definition) is 6. The number of nitrogens with one attached hydrogen (secondary N) is 2. The van der Waals surface area contributed by atoms with Crippen molar-refractivity contribution < 1.29 is 4.79 Å². The molecule has 21 heavy (non-hydrogen) atoms. The number of aromatic nitrogens is 7. The minimum atomic E-state index is -0.188. The van der Waals surface area contributed by atoms with Gasteiger partial charge in [-0.25, -0.2) is 19.6 Å². The van der Waals surface area contributed by atoms with E-state index in [9.17, 15) is 4.79 Å². The van der Waals surface area contributed by atoms with Crippen LogP contribution >= 0.6 is 0 Å². The second-order valence-electron chi connectivity index (χ2n) is 4.18. The van der Waals surface area contributed by atoms with Gasteiger partial charge in [-0.05, 0) is 12.1 Å². The lowest BCUT2D eigenvalue weighted by molar-refractivity contribution is 0.0953. The first-order chi connectivity index (χ1) is 10.3. The highest BCUT2D eigenvalue weighted by molar-refractivity contribution is 5.93. The molecule has 3 rings (SSSR count). The third-order valence-corrected chi connectivity index (χ3v) is 2.78. The SMILES string of the molecule is O=C(NCCc1ncn[nH]1)c1ccc(-n2cncn2)nc1. The molecule has 9 nitrogen and oxygen atoms in total. The second-order valence-corrected chi connectivity index (χ2v) is 4.18. The minimum absolute atomic E-state index is 0.188. The fourth-order valence-electron chi connectivity index (χ4n) is 1.73. The first-order valence-corrected chi connectivity index (χ1v) is 6.26. The summed E-state index contributed by atoms with van der Waals surface area (Å²) >= 11 is 0. The van der Waals surface area contributed by atoms with Gasteiger partial charge in [-0.2, -0.15) is 10.2 Å². The van der Waals surface area contributed by atoms with Gasteiger partial charge in [-0.1, -0.05) is 0 Å². The number of aromatic amines is 1. The van der Waals surface area contributed by atoms with E-state index in [4.69, 9.17) is 0 Å². The van der Waals surface area contributed by atoms with Crippen molar-refractivity contribution in [3.8, 4) is 5.82 Å². The molecule has 0 aliphatic heterocycles. The van der Waals surface area contributed by atoms with Gasteiger partial charge in [-0.15, -0.1) is 0 Å². The van der Waals surface area contributed by atoms with Gasteiger partial charge in [0.25, 0.3) is 5.91 Å². The average molecular weight is 284 g/mol. The number of hydrogen-bond donors (Lipinski definition) is 2. The number of amides is 1. The molecule has 0 spiro atoms. The molecule has 0 fully saturated rings. The van der Waals surface area contributed by atoms with Gasteiger partial charge >= 0.3 is 0 Å². The summed E-state index contributed by atoms with van der Waals surface area (Å²) < 4.78 is 1.52. The van der Waals surface area contributed by atoms with Crippen LogP contribution in [0.4, 0.5) is 0 Å². The van der Waals surface area contributed by atoms with Gasteiger partial charge in [0.15, 0.2) is 5.82 Å². The predicted octanol–water partition coefficient (Wildman–Crippen LogP) is -0.247. The van der Waals surface area contributed by atoms with Crippen LogP contribution in [0.25, 0.3) is 5.82 Å². The summed E-state index contributed by atoms with van der Waals surface area (Å²) in [5.41, 5.74) is 0.483. The number of carbonyl (C=O) groups is 1. The Balaban J connectivity index is 1.57. The topological polar surface area (TPSA) is 114 Å². The van der Waals surface area contributed by atoms with Crippen LogP contribution in [-0.4, -0.2) is 47.4 Å². The first-order valence-electron chi connectivity index (χ1n) is 6.26. The molecular formula is C12H12N8O. The van der Waals surface area contributed by atoms with Gasteiger partial charge in [0.05, 0.1) is 5.56 Å². The highest BCUT2D eigenvalue weighted by Gasteiger charge is 2.07. The molecule has 0 radical (unpaired) electrons. The normalized spacial score (nSPS) is 10.5. The molecule has 0 atom stereocenters. The molecule has 2 N–H and O–H groups in total. The lowest BCUT2D eigenvalue weighted by atomic mass is 10.2. The summed E-state index contributed by atoms with van der Waals surface area (Å²) in [6.07, 6.45) is 6.49. The standard InChI is InChI=1S/C12H12N8O/c21-12(14-4-3-10-16-7-17-19-10)9-1-2-11(15-5-9)20-8-13-6-18-20/h1-2,5-8H,3-4H2,(H,14,21)(H,16,17,19). The number of carbonyl (C=O) groups excluding carboxylic acids is 1. The summed E-state index contributed by atoms with van der Waals surface area (Å²) in [5, 5.41) is 13.2. The molecule has 0 unspecified atom stereocenters. The highest BCUT2D eigenvalue weighted by Crippen LogP contribution is 2.03. The molecule has 9 heteroatoms. The van der Waals surface area contributed by atoms with Crippen LogP contribution in [-0.2, 0) is 6.42 Å². The van der Waals surface area contributed by atoms with Crippen LogP contribution in [0.3, 0.4) is 0 Å². The van der Waals surface area contributed by atoms with Crippen molar-refractivity contribution in [1.82, 2.24) is 40.2 Å². The molecule has 0 aliphatic carbocycles. The Morgan fingerprint density at radius 1 is 1.29 bits per heavy atom. The van der Waals surface area contributed by atoms with E-state index in [2.05, 4.69) is 35.6 Å². The minimum Gasteiger partial charge on any atom is -0.352 e. The summed E-state index contributed by atoms with van der Waals surface area (Å²) in [6, 6.07) is 3.40. The average Bonchev–Trinajstić information content (AvgIpc) is 3.21. The van der Waals surface area contributed by atoms with Crippen LogP contribution in [0.2, 0.25) is 0 Å². The molecular weight excluding hydrogens is 272 g/mol. The van der Waals surface area contributed by atoms with Crippen molar-refractivity contribution >= 4 is 5.91 Å². The van der Waals surface area contributed by atoms with E-state index in [1.165, 1.54) is 23.5 Å². The van der Waals surface area contributed by atoms with Gasteiger partial charge < -0.3 is 5.32 Å². The molecule has 3 heterocycles. The lowest BCUT2D eigenvalue weighted by Gasteiger charge is -2.04. The van der Waals surface area contributed by atoms with E-state index >= 15 is 0 Å². The largest absolute Gasteiger partial charge is 0.352 e. The van der Waals surface area contributed by atoms with Crippen LogP contribution in [0, 0.1) is 0 Å². The van der Waals surface area contributed by atoms with Gasteiger partial charge in [0, 0.05) is 19.2 Å². The molecule has 0 saturated heterocycles. The third kappa shape index (κ3) is 3.08. The number of rotatable bonds is 5. The Hall–Kier alpha value is -3.10. The Kier molecular flexibility index (Phi) is 3.63. The molecule has 0 bridgehead atoms. The van der Waals surface area contributed by atoms with Crippen LogP contribution < -0.4 is 5.32 Å². The fourth-order valence-corrected chi connectivity index (χ4v) is 1.73. The van der Waals surface area contributed by atoms with E-state index in [1.807, 2.05) is 0 Å². The quantitative estimate of drug-likeness (QED) is 0.668. The van der Waals surface area contributed by atoms with E-state index in [0.29, 0.717) is 24.3 Å². The molecule has 0 aliphatic rings. The summed E-state index contributed by atoms with van der Waals surface area (Å²) in [5.74, 6) is 1.15. The Bertz CT molecular complexity index is 689. The summed E-state index contributed by atoms with van der Waals surface area (Å²) in [4.78, 5) is 23.9. The van der Waals surface area contributed by atoms with Crippen LogP contribution in [0.5, 0.6) is 0 Å². The monoisotopic (exact) mass is 284 g/mol. The van der Waals surface area contributed by atoms with Crippen molar-refractivity contribution in [3.05, 3.63) is 48.7 Å². The molecule has 0 aromatic carbocycles. The Labute approximate surface area is 119 Å². The zero-order valence-electron chi connectivity index (χ0n) is 11.0. The molecule has 0 saturated carbocycles. The maximum atomic E-state index is 11.9. The van der Waals surface area contributed by atoms with E-state index in [1.54, 1.807) is 18.5 Å². The molecule has 106 valence electrons. The zero-order chi connectivity index (χ0) is 14.5. The maximum absolute atomic E-state index is 11.9. The smallest absolute Gasteiger partial charge is 0.252 e. The van der Waals surface area contributed by atoms with Crippen molar-refractivity contribution in [3.63, 3.8) is 0 Å². The molecule has 1 amide bonds. The van der Waals surface area contributed by atoms with Gasteiger partial charge in [-0.3, -0.25) is 9.89 Å². The van der Waals surface area contributed by atoms with Crippen molar-refractivity contribution in [2.45, 2.75) is 6.42 Å². The van der Waals surface area contributed by atoms with E-state index in [0.717, 1.165) is 5.82 Å². The van der Waals surface area contributed by atoms with Crippen molar-refractivity contribution in [2.24, 2.45) is 0 Å². The highest BCUT2D eigenvalue weighted by atomic mass is 16.1. The predicted molar refractivity (Wildman–Crippen MR) is 71.6 cm³/mol. The number of H-pyrrole nitrogens is 1. The lowest BCUT2D eigenvalue weighted by Crippen LogP contribution is -2.26. The Morgan fingerprint density at radius 2 is 2.24 bits per heavy atom. The maximum Gasteiger partial charge on any atom is 0.252 e. The van der Waals surface area contributed by atoms with Crippen molar-refractivity contribution in [1.29, 1.82) is 0 Å². The van der Waals surface area contributed by atoms with Crippen LogP contribution in [0.15, 0.2) is 37.3 Å². The van der Waals surface area contributed by atoms with E-state index < -0.39 is 0 Å². The van der Waals surface area contributed by atoms with Crippen molar-refractivity contribution in [2.75, 3.05) is 6.54 Å². The Morgan fingerprint density at radius 3 is 2.90 bits per heavy atom. The molecule has 3 aromatic rings. The summed E-state index contributed by atoms with van der Waals surface area (Å²) in [6.45, 7) is 0.471. The van der Waals surface area contributed by atoms with Crippen LogP contribution in [0.1, 0.15) is 16.2 Å². The first kappa shape index (κ1) is 12.9. The number of nitrogens with zero attached hydrogens (tertiary/aromatic N) is 6. The van der Waals surface area contributed by atoms with E-state index in [-0.39, 0.29) is 5.91 Å². The zero-order valence-corrected chi connectivity index (χ0v) is 11.0. The molecule has 3 aromatic heterocycles. The second kappa shape index (κ2) is 5.90. The van der Waals surface area contributed by atoms with Gasteiger partial charge in [0.1, 0.15) is 24.8 Å². The number of pyridine rings is 1.